The van der Waals surface area contributed by atoms with Crippen molar-refractivity contribution in [2.24, 2.45) is 0 Å². The Kier molecular flexibility index (Phi) is 4.16. The lowest BCUT2D eigenvalue weighted by Gasteiger charge is -2.13. The molecule has 1 saturated heterocycles. The summed E-state index contributed by atoms with van der Waals surface area (Å²) < 4.78 is 1.99. The zero-order chi connectivity index (χ0) is 14.5. The number of hydrogen-bond acceptors (Lipinski definition) is 3. The van der Waals surface area contributed by atoms with Crippen molar-refractivity contribution in [1.29, 1.82) is 0 Å². The standard InChI is InChI=1S/C15H19N5O/c21-15(19-14-4-5-16-9-14)18-13-3-1-2-12(8-13)10-20-7-6-17-11-20/h1-3,6-8,11,14,16H,4-5,9-10H2,(H2,18,19,21). The van der Waals surface area contributed by atoms with Crippen LogP contribution in [-0.4, -0.2) is 34.7 Å². The number of nitrogens with one attached hydrogen (secondary N) is 3. The van der Waals surface area contributed by atoms with E-state index in [-0.39, 0.29) is 12.1 Å². The molecule has 1 fully saturated rings. The first-order valence-corrected chi connectivity index (χ1v) is 7.12. The van der Waals surface area contributed by atoms with Gasteiger partial charge in [-0.2, -0.15) is 0 Å². The number of carbonyl (C=O) groups is 1. The Hall–Kier alpha value is -2.34. The summed E-state index contributed by atoms with van der Waals surface area (Å²) in [4.78, 5) is 16.0. The van der Waals surface area contributed by atoms with Crippen molar-refractivity contribution in [1.82, 2.24) is 20.2 Å². The fourth-order valence-electron chi connectivity index (χ4n) is 2.47. The van der Waals surface area contributed by atoms with Gasteiger partial charge in [-0.25, -0.2) is 9.78 Å². The molecule has 3 rings (SSSR count). The van der Waals surface area contributed by atoms with E-state index in [1.807, 2.05) is 35.0 Å². The zero-order valence-corrected chi connectivity index (χ0v) is 11.7. The third-order valence-electron chi connectivity index (χ3n) is 3.50. The summed E-state index contributed by atoms with van der Waals surface area (Å²) in [5, 5.41) is 9.07. The number of urea groups is 1. The summed E-state index contributed by atoms with van der Waals surface area (Å²) in [5.41, 5.74) is 1.92. The molecule has 1 aliphatic rings. The first kappa shape index (κ1) is 13.6. The number of benzene rings is 1. The van der Waals surface area contributed by atoms with Gasteiger partial charge in [-0.15, -0.1) is 0 Å². The third-order valence-corrected chi connectivity index (χ3v) is 3.50. The van der Waals surface area contributed by atoms with Crippen molar-refractivity contribution in [2.75, 3.05) is 18.4 Å². The highest BCUT2D eigenvalue weighted by Crippen LogP contribution is 2.12. The van der Waals surface area contributed by atoms with Crippen molar-refractivity contribution in [2.45, 2.75) is 19.0 Å². The minimum absolute atomic E-state index is 0.150. The van der Waals surface area contributed by atoms with Crippen LogP contribution in [0.2, 0.25) is 0 Å². The molecule has 21 heavy (non-hydrogen) atoms. The predicted molar refractivity (Wildman–Crippen MR) is 81.2 cm³/mol. The van der Waals surface area contributed by atoms with E-state index in [0.717, 1.165) is 37.3 Å². The number of amides is 2. The normalized spacial score (nSPS) is 17.6. The molecule has 1 aromatic carbocycles. The van der Waals surface area contributed by atoms with Gasteiger partial charge in [0.2, 0.25) is 0 Å². The van der Waals surface area contributed by atoms with Crippen LogP contribution in [0.5, 0.6) is 0 Å². The highest BCUT2D eigenvalue weighted by Gasteiger charge is 2.16. The van der Waals surface area contributed by atoms with Crippen molar-refractivity contribution in [3.8, 4) is 0 Å². The maximum Gasteiger partial charge on any atom is 0.319 e. The van der Waals surface area contributed by atoms with Crippen molar-refractivity contribution < 1.29 is 4.79 Å². The first-order valence-electron chi connectivity index (χ1n) is 7.12. The largest absolute Gasteiger partial charge is 0.334 e. The van der Waals surface area contributed by atoms with E-state index in [1.54, 1.807) is 12.5 Å². The molecule has 0 bridgehead atoms. The second kappa shape index (κ2) is 6.41. The SMILES string of the molecule is O=C(Nc1cccc(Cn2ccnc2)c1)NC1CCNC1. The van der Waals surface area contributed by atoms with E-state index in [2.05, 4.69) is 20.9 Å². The van der Waals surface area contributed by atoms with Gasteiger partial charge in [0.15, 0.2) is 0 Å². The monoisotopic (exact) mass is 285 g/mol. The number of imidazole rings is 1. The molecule has 2 amide bonds. The number of aromatic nitrogens is 2. The molecule has 1 unspecified atom stereocenters. The highest BCUT2D eigenvalue weighted by molar-refractivity contribution is 5.89. The average molecular weight is 285 g/mol. The lowest BCUT2D eigenvalue weighted by molar-refractivity contribution is 0.249. The molecule has 6 heteroatoms. The van der Waals surface area contributed by atoms with Gasteiger partial charge in [0.05, 0.1) is 6.33 Å². The maximum atomic E-state index is 11.9. The van der Waals surface area contributed by atoms with Gasteiger partial charge >= 0.3 is 6.03 Å². The summed E-state index contributed by atoms with van der Waals surface area (Å²) in [6, 6.07) is 7.92. The van der Waals surface area contributed by atoms with Gasteiger partial charge in [-0.3, -0.25) is 0 Å². The van der Waals surface area contributed by atoms with Gasteiger partial charge < -0.3 is 20.5 Å². The van der Waals surface area contributed by atoms with Gasteiger partial charge in [-0.1, -0.05) is 12.1 Å². The van der Waals surface area contributed by atoms with Crippen LogP contribution in [0, 0.1) is 0 Å². The maximum absolute atomic E-state index is 11.9. The van der Waals surface area contributed by atoms with Crippen LogP contribution in [0.3, 0.4) is 0 Å². The van der Waals surface area contributed by atoms with Crippen LogP contribution < -0.4 is 16.0 Å². The number of rotatable bonds is 4. The molecule has 0 aliphatic carbocycles. The second-order valence-electron chi connectivity index (χ2n) is 5.22. The van der Waals surface area contributed by atoms with Crippen molar-refractivity contribution in [3.63, 3.8) is 0 Å². The van der Waals surface area contributed by atoms with Crippen LogP contribution in [0.25, 0.3) is 0 Å². The first-order chi connectivity index (χ1) is 10.3. The van der Waals surface area contributed by atoms with Crippen LogP contribution in [0.4, 0.5) is 10.5 Å². The Balaban J connectivity index is 1.58. The van der Waals surface area contributed by atoms with Crippen LogP contribution in [0.15, 0.2) is 43.0 Å². The highest BCUT2D eigenvalue weighted by atomic mass is 16.2. The molecule has 1 aromatic heterocycles. The number of anilines is 1. The van der Waals surface area contributed by atoms with E-state index < -0.39 is 0 Å². The van der Waals surface area contributed by atoms with Gasteiger partial charge in [-0.05, 0) is 30.7 Å². The fourth-order valence-corrected chi connectivity index (χ4v) is 2.47. The molecule has 1 aliphatic heterocycles. The van der Waals surface area contributed by atoms with Crippen molar-refractivity contribution in [3.05, 3.63) is 48.5 Å². The van der Waals surface area contributed by atoms with Gasteiger partial charge in [0.1, 0.15) is 0 Å². The topological polar surface area (TPSA) is 71.0 Å². The molecule has 110 valence electrons. The predicted octanol–water partition coefficient (Wildman–Crippen LogP) is 1.41. The smallest absolute Gasteiger partial charge is 0.319 e. The fraction of sp³-hybridized carbons (Fsp3) is 0.333. The Morgan fingerprint density at radius 2 is 2.43 bits per heavy atom. The van der Waals surface area contributed by atoms with Gasteiger partial charge in [0, 0.05) is 37.2 Å². The minimum atomic E-state index is -0.150. The van der Waals surface area contributed by atoms with E-state index in [4.69, 9.17) is 0 Å². The Bertz CT molecular complexity index is 590. The molecule has 0 radical (unpaired) electrons. The van der Waals surface area contributed by atoms with Gasteiger partial charge in [0.25, 0.3) is 0 Å². The summed E-state index contributed by atoms with van der Waals surface area (Å²) in [7, 11) is 0. The Morgan fingerprint density at radius 3 is 3.19 bits per heavy atom. The quantitative estimate of drug-likeness (QED) is 0.795. The lowest BCUT2D eigenvalue weighted by Crippen LogP contribution is -2.39. The van der Waals surface area contributed by atoms with E-state index in [0.29, 0.717) is 0 Å². The molecule has 6 nitrogen and oxygen atoms in total. The summed E-state index contributed by atoms with van der Waals surface area (Å²) in [5.74, 6) is 0. The molecule has 3 N–H and O–H groups in total. The summed E-state index contributed by atoms with van der Waals surface area (Å²) in [6.45, 7) is 2.54. The Morgan fingerprint density at radius 1 is 1.48 bits per heavy atom. The van der Waals surface area contributed by atoms with Crippen LogP contribution in [0.1, 0.15) is 12.0 Å². The molecule has 0 spiro atoms. The molecular weight excluding hydrogens is 266 g/mol. The van der Waals surface area contributed by atoms with E-state index in [1.165, 1.54) is 0 Å². The zero-order valence-electron chi connectivity index (χ0n) is 11.7. The molecular formula is C15H19N5O. The molecule has 0 saturated carbocycles. The molecule has 2 aromatic rings. The second-order valence-corrected chi connectivity index (χ2v) is 5.22. The van der Waals surface area contributed by atoms with Crippen LogP contribution >= 0.6 is 0 Å². The Labute approximate surface area is 123 Å². The lowest BCUT2D eigenvalue weighted by atomic mass is 10.2. The van der Waals surface area contributed by atoms with E-state index in [9.17, 15) is 4.79 Å². The average Bonchev–Trinajstić information content (AvgIpc) is 3.12. The number of carbonyl (C=O) groups excluding carboxylic acids is 1. The number of nitrogens with zero attached hydrogens (tertiary/aromatic N) is 2. The summed E-state index contributed by atoms with van der Waals surface area (Å²) in [6.07, 6.45) is 6.43. The molecule has 2 heterocycles. The van der Waals surface area contributed by atoms with Crippen molar-refractivity contribution >= 4 is 11.7 Å². The summed E-state index contributed by atoms with van der Waals surface area (Å²) >= 11 is 0. The molecule has 1 atom stereocenters. The number of hydrogen-bond donors (Lipinski definition) is 3. The minimum Gasteiger partial charge on any atom is -0.334 e. The van der Waals surface area contributed by atoms with Crippen LogP contribution in [-0.2, 0) is 6.54 Å². The van der Waals surface area contributed by atoms with E-state index >= 15 is 0 Å². The third kappa shape index (κ3) is 3.82.